The minimum absolute atomic E-state index is 0.191. The zero-order valence-corrected chi connectivity index (χ0v) is 26.2. The van der Waals surface area contributed by atoms with E-state index in [4.69, 9.17) is 16.3 Å². The van der Waals surface area contributed by atoms with Crippen molar-refractivity contribution in [2.75, 3.05) is 56.7 Å². The van der Waals surface area contributed by atoms with Crippen LogP contribution in [0.1, 0.15) is 54.2 Å². The quantitative estimate of drug-likeness (QED) is 0.389. The van der Waals surface area contributed by atoms with Crippen LogP contribution in [0.4, 0.5) is 11.8 Å². The van der Waals surface area contributed by atoms with Crippen molar-refractivity contribution >= 4 is 35.2 Å². The highest BCUT2D eigenvalue weighted by Crippen LogP contribution is 2.32. The number of nitrogens with one attached hydrogen (secondary N) is 2. The van der Waals surface area contributed by atoms with E-state index in [9.17, 15) is 9.59 Å². The third kappa shape index (κ3) is 6.50. The average molecular weight is 619 g/mol. The number of aromatic nitrogens is 3. The molecule has 3 aliphatic heterocycles. The van der Waals surface area contributed by atoms with Crippen molar-refractivity contribution in [3.05, 3.63) is 64.4 Å². The number of carbonyl (C=O) groups excluding carboxylic acids is 2. The number of piperazine rings is 1. The van der Waals surface area contributed by atoms with Gasteiger partial charge < -0.3 is 30.1 Å². The number of carbonyl (C=O) groups is 2. The van der Waals surface area contributed by atoms with Crippen molar-refractivity contribution in [2.24, 2.45) is 0 Å². The molecule has 232 valence electrons. The lowest BCUT2D eigenvalue weighted by atomic mass is 10.0. The molecule has 6 rings (SSSR count). The fourth-order valence-corrected chi connectivity index (χ4v) is 6.12. The van der Waals surface area contributed by atoms with E-state index in [0.29, 0.717) is 42.0 Å². The largest absolute Gasteiger partial charge is 0.381 e. The topological polar surface area (TPSA) is 116 Å². The summed E-state index contributed by atoms with van der Waals surface area (Å²) in [5.41, 5.74) is 3.67. The van der Waals surface area contributed by atoms with Crippen LogP contribution in [0.5, 0.6) is 0 Å². The van der Waals surface area contributed by atoms with Crippen LogP contribution >= 0.6 is 11.6 Å². The molecular weight excluding hydrogens is 580 g/mol. The number of rotatable bonds is 8. The molecule has 2 N–H and O–H groups in total. The summed E-state index contributed by atoms with van der Waals surface area (Å²) in [6.07, 6.45) is 5.14. The Morgan fingerprint density at radius 3 is 2.61 bits per heavy atom. The van der Waals surface area contributed by atoms with E-state index in [2.05, 4.69) is 42.4 Å². The van der Waals surface area contributed by atoms with Crippen molar-refractivity contribution in [3.63, 3.8) is 0 Å². The fourth-order valence-electron chi connectivity index (χ4n) is 5.92. The molecule has 2 saturated heterocycles. The number of fused-ring (bicyclic) bond motifs is 1. The Hall–Kier alpha value is -3.80. The zero-order valence-electron chi connectivity index (χ0n) is 25.4. The Kier molecular flexibility index (Phi) is 8.97. The smallest absolute Gasteiger partial charge is 0.255 e. The van der Waals surface area contributed by atoms with Gasteiger partial charge in [-0.05, 0) is 63.1 Å². The second kappa shape index (κ2) is 13.1. The van der Waals surface area contributed by atoms with Gasteiger partial charge in [-0.3, -0.25) is 9.59 Å². The Balaban J connectivity index is 1.12. The number of hydrogen-bond donors (Lipinski definition) is 2. The van der Waals surface area contributed by atoms with Crippen LogP contribution in [-0.4, -0.2) is 95.1 Å². The first kappa shape index (κ1) is 30.2. The molecule has 0 radical (unpaired) electrons. The molecule has 3 aliphatic rings. The van der Waals surface area contributed by atoms with Crippen LogP contribution in [0.2, 0.25) is 5.02 Å². The van der Waals surface area contributed by atoms with E-state index >= 15 is 0 Å². The number of hydrogen-bond acceptors (Lipinski definition) is 9. The lowest BCUT2D eigenvalue weighted by Crippen LogP contribution is -2.46. The van der Waals surface area contributed by atoms with Gasteiger partial charge in [-0.1, -0.05) is 23.7 Å². The lowest BCUT2D eigenvalue weighted by Gasteiger charge is -2.33. The van der Waals surface area contributed by atoms with Gasteiger partial charge in [-0.15, -0.1) is 0 Å². The highest BCUT2D eigenvalue weighted by atomic mass is 35.5. The van der Waals surface area contributed by atoms with Gasteiger partial charge in [0.1, 0.15) is 11.9 Å². The third-order valence-electron chi connectivity index (χ3n) is 8.82. The van der Waals surface area contributed by atoms with Crippen LogP contribution in [0.15, 0.2) is 42.7 Å². The Labute approximate surface area is 263 Å². The van der Waals surface area contributed by atoms with Gasteiger partial charge >= 0.3 is 0 Å². The van der Waals surface area contributed by atoms with Crippen molar-refractivity contribution in [3.8, 4) is 11.3 Å². The summed E-state index contributed by atoms with van der Waals surface area (Å²) in [6, 6.07) is 8.95. The van der Waals surface area contributed by atoms with Gasteiger partial charge in [-0.2, -0.15) is 0 Å². The summed E-state index contributed by atoms with van der Waals surface area (Å²) in [7, 11) is 2.12. The van der Waals surface area contributed by atoms with Crippen LogP contribution in [0, 0.1) is 0 Å². The maximum atomic E-state index is 13.6. The van der Waals surface area contributed by atoms with Crippen molar-refractivity contribution in [2.45, 2.75) is 51.4 Å². The van der Waals surface area contributed by atoms with Gasteiger partial charge in [0.05, 0.1) is 23.0 Å². The van der Waals surface area contributed by atoms with Crippen molar-refractivity contribution in [1.29, 1.82) is 0 Å². The van der Waals surface area contributed by atoms with Gasteiger partial charge in [-0.25, -0.2) is 15.0 Å². The number of amides is 2. The van der Waals surface area contributed by atoms with Gasteiger partial charge in [0.15, 0.2) is 0 Å². The molecule has 2 amide bonds. The molecule has 44 heavy (non-hydrogen) atoms. The predicted octanol–water partition coefficient (Wildman–Crippen LogP) is 3.76. The second-order valence-electron chi connectivity index (χ2n) is 11.9. The van der Waals surface area contributed by atoms with E-state index in [1.165, 1.54) is 0 Å². The van der Waals surface area contributed by atoms with Gasteiger partial charge in [0.2, 0.25) is 11.9 Å². The molecule has 0 bridgehead atoms. The Bertz CT molecular complexity index is 1520. The molecule has 11 nitrogen and oxygen atoms in total. The molecule has 3 aromatic rings. The first-order chi connectivity index (χ1) is 21.3. The van der Waals surface area contributed by atoms with E-state index < -0.39 is 6.04 Å². The van der Waals surface area contributed by atoms with Crippen LogP contribution in [0.3, 0.4) is 0 Å². The standard InChI is InChI=1S/C32H39ClN8O3/c1-20(22-6-9-34-28(17-22)40-12-10-39(3)11-13-40)36-30(42)21(2)41-19-24-5-4-23(16-26(24)31(41)43)29-27(33)18-35-32(38-29)37-25-7-14-44-15-8-25/h4-6,9,16-18,20-21,25H,7-8,10-15,19H2,1-3H3,(H,36,42)(H,35,37,38)/t20-,21-/m1/s1. The number of nitrogens with zero attached hydrogens (tertiary/aromatic N) is 6. The van der Waals surface area contributed by atoms with E-state index in [1.807, 2.05) is 37.3 Å². The number of likely N-dealkylation sites (N-methyl/N-ethyl adjacent to an activating group) is 1. The fraction of sp³-hybridized carbons (Fsp3) is 0.469. The van der Waals surface area contributed by atoms with Gasteiger partial charge in [0, 0.05) is 69.3 Å². The number of benzene rings is 1. The summed E-state index contributed by atoms with van der Waals surface area (Å²) in [6.45, 7) is 9.31. The summed E-state index contributed by atoms with van der Waals surface area (Å²) < 4.78 is 5.44. The third-order valence-corrected chi connectivity index (χ3v) is 9.09. The normalized spacial score (nSPS) is 19.0. The molecule has 2 fully saturated rings. The molecule has 1 aromatic carbocycles. The number of anilines is 2. The molecule has 0 saturated carbocycles. The lowest BCUT2D eigenvalue weighted by molar-refractivity contribution is -0.125. The molecule has 0 unspecified atom stereocenters. The van der Waals surface area contributed by atoms with Crippen molar-refractivity contribution < 1.29 is 14.3 Å². The minimum Gasteiger partial charge on any atom is -0.381 e. The molecule has 2 atom stereocenters. The summed E-state index contributed by atoms with van der Waals surface area (Å²) in [5.74, 6) is 1.01. The first-order valence-corrected chi connectivity index (χ1v) is 15.7. The first-order valence-electron chi connectivity index (χ1n) is 15.3. The molecule has 2 aromatic heterocycles. The predicted molar refractivity (Wildman–Crippen MR) is 170 cm³/mol. The highest BCUT2D eigenvalue weighted by Gasteiger charge is 2.35. The van der Waals surface area contributed by atoms with Gasteiger partial charge in [0.25, 0.3) is 5.91 Å². The average Bonchev–Trinajstić information content (AvgIpc) is 3.37. The highest BCUT2D eigenvalue weighted by molar-refractivity contribution is 6.33. The molecule has 12 heteroatoms. The summed E-state index contributed by atoms with van der Waals surface area (Å²) in [4.78, 5) is 46.7. The second-order valence-corrected chi connectivity index (χ2v) is 12.3. The van der Waals surface area contributed by atoms with Crippen LogP contribution in [0.25, 0.3) is 11.3 Å². The summed E-state index contributed by atoms with van der Waals surface area (Å²) >= 11 is 6.51. The monoisotopic (exact) mass is 618 g/mol. The van der Waals surface area contributed by atoms with Crippen molar-refractivity contribution in [1.82, 2.24) is 30.1 Å². The minimum atomic E-state index is -0.655. The molecule has 5 heterocycles. The van der Waals surface area contributed by atoms with E-state index in [1.54, 1.807) is 24.2 Å². The van der Waals surface area contributed by atoms with E-state index in [-0.39, 0.29) is 23.9 Å². The molecule has 0 spiro atoms. The summed E-state index contributed by atoms with van der Waals surface area (Å²) in [5, 5.41) is 6.88. The molecular formula is C32H39ClN8O3. The SMILES string of the molecule is C[C@H](C(=O)N[C@H](C)c1ccnc(N2CCN(C)CC2)c1)N1Cc2ccc(-c3nc(NC4CCOCC4)ncc3Cl)cc2C1=O. The van der Waals surface area contributed by atoms with E-state index in [0.717, 1.165) is 61.5 Å². The zero-order chi connectivity index (χ0) is 30.8. The molecule has 0 aliphatic carbocycles. The maximum Gasteiger partial charge on any atom is 0.255 e. The number of pyridine rings is 1. The Morgan fingerprint density at radius 1 is 1.07 bits per heavy atom. The maximum absolute atomic E-state index is 13.6. The number of halogens is 1. The number of ether oxygens (including phenoxy) is 1. The van der Waals surface area contributed by atoms with Crippen LogP contribution < -0.4 is 15.5 Å². The van der Waals surface area contributed by atoms with Crippen LogP contribution in [-0.2, 0) is 16.1 Å². The Morgan fingerprint density at radius 2 is 1.84 bits per heavy atom.